The van der Waals surface area contributed by atoms with E-state index in [1.165, 1.54) is 22.3 Å². The molecule has 3 aliphatic rings. The van der Waals surface area contributed by atoms with E-state index in [1.807, 2.05) is 48.5 Å². The molecule has 1 atom stereocenters. The third-order valence-corrected chi connectivity index (χ3v) is 15.2. The number of hydrogen-bond acceptors (Lipinski definition) is 2. The van der Waals surface area contributed by atoms with E-state index in [2.05, 4.69) is 195 Å². The highest BCUT2D eigenvalue weighted by Crippen LogP contribution is 2.67. The minimum atomic E-state index is -1.16. The number of benzene rings is 10. The highest BCUT2D eigenvalue weighted by molar-refractivity contribution is 6.03. The topological polar surface area (TPSA) is 16.4 Å². The van der Waals surface area contributed by atoms with Crippen LogP contribution in [-0.4, -0.2) is 0 Å². The van der Waals surface area contributed by atoms with Crippen LogP contribution in [0.4, 0.5) is 17.1 Å². The van der Waals surface area contributed by atoms with E-state index >= 15 is 0 Å². The smallest absolute Gasteiger partial charge is 0.142 e. The van der Waals surface area contributed by atoms with Gasteiger partial charge in [0.05, 0.1) is 16.6 Å². The lowest BCUT2D eigenvalue weighted by atomic mass is 9.69. The van der Waals surface area contributed by atoms with Gasteiger partial charge >= 0.3 is 0 Å². The van der Waals surface area contributed by atoms with E-state index in [1.54, 1.807) is 0 Å². The number of anilines is 3. The third-order valence-electron chi connectivity index (χ3n) is 15.2. The van der Waals surface area contributed by atoms with E-state index in [4.69, 9.17) is 5.79 Å². The van der Waals surface area contributed by atoms with Gasteiger partial charge in [-0.1, -0.05) is 226 Å². The van der Waals surface area contributed by atoms with E-state index < -0.39 is 5.41 Å². The number of para-hydroxylation sites is 1. The largest absolute Gasteiger partial charge is 0.455 e. The number of fused-ring (bicyclic) bond motifs is 13. The summed E-state index contributed by atoms with van der Waals surface area (Å²) >= 11 is 0. The number of nitrogens with zero attached hydrogens (tertiary/aromatic N) is 1. The van der Waals surface area contributed by atoms with Gasteiger partial charge in [0.2, 0.25) is 0 Å². The van der Waals surface area contributed by atoms with Gasteiger partial charge in [0, 0.05) is 44.6 Å². The Balaban J connectivity index is 0.981. The summed E-state index contributed by atoms with van der Waals surface area (Å²) in [5.74, 6) is 1.40. The van der Waals surface area contributed by atoms with Crippen molar-refractivity contribution in [3.05, 3.63) is 282 Å². The van der Waals surface area contributed by atoms with E-state index in [0.717, 1.165) is 89.6 Å². The average Bonchev–Trinajstić information content (AvgIpc) is 4.15. The van der Waals surface area contributed by atoms with Gasteiger partial charge in [0.25, 0.3) is 0 Å². The van der Waals surface area contributed by atoms with E-state index in [0.29, 0.717) is 16.9 Å². The van der Waals surface area contributed by atoms with Crippen LogP contribution < -0.4 is 4.90 Å². The summed E-state index contributed by atoms with van der Waals surface area (Å²) in [6.07, 6.45) is 0. The molecule has 11 aromatic rings. The molecule has 2 heteroatoms. The lowest BCUT2D eigenvalue weighted by Gasteiger charge is -2.31. The Morgan fingerprint density at radius 1 is 0.371 bits per heavy atom. The van der Waals surface area contributed by atoms with Gasteiger partial charge in [-0.05, 0) is 109 Å². The summed E-state index contributed by atoms with van der Waals surface area (Å²) in [5, 5.41) is 0. The van der Waals surface area contributed by atoms with Crippen LogP contribution >= 0.6 is 0 Å². The first-order valence-electron chi connectivity index (χ1n) is 26.1. The Morgan fingerprint density at radius 2 is 0.914 bits per heavy atom. The molecule has 10 aromatic carbocycles. The Morgan fingerprint density at radius 3 is 1.66 bits per heavy atom. The van der Waals surface area contributed by atoms with Crippen LogP contribution in [0.1, 0.15) is 52.7 Å². The number of hydrogen-bond donors (Lipinski definition) is 0. The zero-order chi connectivity index (χ0) is 50.0. The van der Waals surface area contributed by atoms with Crippen molar-refractivity contribution in [3.8, 4) is 78.3 Å². The normalized spacial score (nSPS) is 16.0. The predicted molar refractivity (Wildman–Crippen MR) is 289 cm³/mol. The minimum absolute atomic E-state index is 0.0510. The molecule has 14 rings (SSSR count). The van der Waals surface area contributed by atoms with Crippen molar-refractivity contribution in [1.29, 1.82) is 0 Å². The fourth-order valence-corrected chi connectivity index (χ4v) is 12.1. The molecule has 70 heavy (non-hydrogen) atoms. The molecule has 2 nitrogen and oxygen atoms in total. The molecule has 330 valence electrons. The molecular formula is C68H47NO. The molecule has 1 aromatic heterocycles. The van der Waals surface area contributed by atoms with Gasteiger partial charge in [-0.15, -0.1) is 0 Å². The van der Waals surface area contributed by atoms with Crippen LogP contribution in [0.3, 0.4) is 0 Å². The molecule has 0 saturated heterocycles. The van der Waals surface area contributed by atoms with Crippen LogP contribution in [0, 0.1) is 0 Å². The van der Waals surface area contributed by atoms with Crippen molar-refractivity contribution < 1.29 is 9.90 Å². The average molecular weight is 898 g/mol. The third kappa shape index (κ3) is 5.74. The molecule has 0 N–H and O–H groups in total. The van der Waals surface area contributed by atoms with Crippen molar-refractivity contribution in [1.82, 2.24) is 0 Å². The second kappa shape index (κ2) is 15.4. The van der Waals surface area contributed by atoms with Crippen LogP contribution in [0.25, 0.3) is 78.3 Å². The summed E-state index contributed by atoms with van der Waals surface area (Å²) in [6, 6.07) is 78.2. The lowest BCUT2D eigenvalue weighted by molar-refractivity contribution is 0.588. The molecule has 0 fully saturated rings. The fraction of sp³-hybridized carbons (Fsp3) is 0.0588. The molecule has 0 aliphatic heterocycles. The Bertz CT molecular complexity index is 4090. The Kier molecular flexibility index (Phi) is 7.99. The van der Waals surface area contributed by atoms with Gasteiger partial charge in [-0.25, -0.2) is 0 Å². The monoisotopic (exact) mass is 897 g/mol. The maximum Gasteiger partial charge on any atom is 0.142 e. The van der Waals surface area contributed by atoms with Crippen LogP contribution in [0.2, 0.25) is 0 Å². The molecule has 0 saturated carbocycles. The summed E-state index contributed by atoms with van der Waals surface area (Å²) in [6.45, 7) is 4.65. The maximum atomic E-state index is 9.87. The van der Waals surface area contributed by atoms with E-state index in [-0.39, 0.29) is 29.6 Å². The summed E-state index contributed by atoms with van der Waals surface area (Å²) in [7, 11) is 0. The first-order chi connectivity index (χ1) is 36.2. The van der Waals surface area contributed by atoms with Crippen LogP contribution in [0.15, 0.2) is 253 Å². The second-order valence-corrected chi connectivity index (χ2v) is 19.2. The van der Waals surface area contributed by atoms with Crippen LogP contribution in [0.5, 0.6) is 0 Å². The quantitative estimate of drug-likeness (QED) is 0.158. The van der Waals surface area contributed by atoms with Crippen molar-refractivity contribution >= 4 is 17.1 Å². The van der Waals surface area contributed by atoms with Crippen LogP contribution in [-0.2, 0) is 10.8 Å². The first-order valence-corrected chi connectivity index (χ1v) is 24.1. The molecule has 1 spiro atoms. The zero-order valence-electron chi connectivity index (χ0n) is 42.7. The van der Waals surface area contributed by atoms with Gasteiger partial charge in [-0.3, -0.25) is 0 Å². The van der Waals surface area contributed by atoms with Gasteiger partial charge in [0.15, 0.2) is 0 Å². The number of furan rings is 1. The van der Waals surface area contributed by atoms with Crippen molar-refractivity contribution in [3.63, 3.8) is 0 Å². The highest BCUT2D eigenvalue weighted by atomic mass is 16.3. The summed E-state index contributed by atoms with van der Waals surface area (Å²) in [4.78, 5) is 2.38. The molecule has 0 bridgehead atoms. The highest BCUT2D eigenvalue weighted by Gasteiger charge is 2.55. The Hall–Kier alpha value is -8.72. The second-order valence-electron chi connectivity index (χ2n) is 19.2. The van der Waals surface area contributed by atoms with Crippen molar-refractivity contribution in [2.45, 2.75) is 24.7 Å². The molecule has 0 radical (unpaired) electrons. The molecule has 3 aliphatic carbocycles. The lowest BCUT2D eigenvalue weighted by Crippen LogP contribution is -2.26. The molecule has 1 unspecified atom stereocenters. The molecule has 1 heterocycles. The predicted octanol–water partition coefficient (Wildman–Crippen LogP) is 18.1. The molecular weight excluding hydrogens is 847 g/mol. The SMILES string of the molecule is [2H]c1c([2H])c([2H])c2c(c1[2H])-c1ccc(-c3ccc(N(c4ccc5c(c4)C(C)(C)c4ccccc4-5)c4ccccc4-c4ccccc4)cc3)cc1C21c2ccccc2-c2c(-c3ccccc3)oc(-c3ccccc3)c21. The van der Waals surface area contributed by atoms with Gasteiger partial charge in [0.1, 0.15) is 11.5 Å². The van der Waals surface area contributed by atoms with Crippen molar-refractivity contribution in [2.24, 2.45) is 0 Å². The Labute approximate surface area is 415 Å². The maximum absolute atomic E-state index is 9.87. The van der Waals surface area contributed by atoms with Gasteiger partial charge < -0.3 is 9.32 Å². The first kappa shape index (κ1) is 36.3. The zero-order valence-corrected chi connectivity index (χ0v) is 38.7. The fourth-order valence-electron chi connectivity index (χ4n) is 12.1. The molecule has 0 amide bonds. The summed E-state index contributed by atoms with van der Waals surface area (Å²) in [5.41, 5.74) is 19.5. The minimum Gasteiger partial charge on any atom is -0.455 e. The van der Waals surface area contributed by atoms with Crippen molar-refractivity contribution in [2.75, 3.05) is 4.90 Å². The number of rotatable bonds is 7. The summed E-state index contributed by atoms with van der Waals surface area (Å²) < 4.78 is 44.9. The van der Waals surface area contributed by atoms with Gasteiger partial charge in [-0.2, -0.15) is 0 Å². The van der Waals surface area contributed by atoms with E-state index in [9.17, 15) is 4.11 Å². The standard InChI is InChI=1S/C68H47NO/c1-67(2)57-30-16-12-27-52(57)54-41-39-50(43-60(54)67)69(62-33-19-15-26-51(62)45-20-6-3-7-21-45)49-37-34-44(35-38-49)48-36-40-55-53-28-13-17-31-58(53)68(61(55)42-48)59-32-18-14-29-56(59)63-64(68)66(47-24-10-5-11-25-47)70-65(63)46-22-8-4-9-23-46/h3-43H,1-2H3/i13D,17D,28D,31D.